The van der Waals surface area contributed by atoms with Crippen LogP contribution in [0.2, 0.25) is 0 Å². The molecule has 0 saturated heterocycles. The Morgan fingerprint density at radius 3 is 2.67 bits per heavy atom. The minimum atomic E-state index is -3.00. The molecule has 1 heterocycles. The summed E-state index contributed by atoms with van der Waals surface area (Å²) >= 11 is 1.49. The summed E-state index contributed by atoms with van der Waals surface area (Å²) in [5.74, 6) is -2.44. The SMILES string of the molecule is O=C(O)Cc1cnc(F)c(C(F)F)c1I. The molecule has 7 heteroatoms. The molecule has 0 atom stereocenters. The molecule has 0 aliphatic carbocycles. The largest absolute Gasteiger partial charge is 0.481 e. The highest BCUT2D eigenvalue weighted by atomic mass is 127. The van der Waals surface area contributed by atoms with Crippen LogP contribution in [-0.4, -0.2) is 16.1 Å². The Labute approximate surface area is 96.5 Å². The van der Waals surface area contributed by atoms with Gasteiger partial charge in [0.1, 0.15) is 0 Å². The van der Waals surface area contributed by atoms with Gasteiger partial charge < -0.3 is 5.11 Å². The number of pyridine rings is 1. The van der Waals surface area contributed by atoms with E-state index in [-0.39, 0.29) is 9.13 Å². The minimum Gasteiger partial charge on any atom is -0.481 e. The van der Waals surface area contributed by atoms with Crippen molar-refractivity contribution in [1.82, 2.24) is 4.98 Å². The van der Waals surface area contributed by atoms with Gasteiger partial charge in [-0.1, -0.05) is 0 Å². The molecule has 0 aliphatic heterocycles. The summed E-state index contributed by atoms with van der Waals surface area (Å²) < 4.78 is 37.5. The van der Waals surface area contributed by atoms with Crippen molar-refractivity contribution in [1.29, 1.82) is 0 Å². The van der Waals surface area contributed by atoms with Crippen molar-refractivity contribution < 1.29 is 23.1 Å². The number of aliphatic carboxylic acids is 1. The Hall–Kier alpha value is -0.860. The van der Waals surface area contributed by atoms with Crippen LogP contribution in [0.5, 0.6) is 0 Å². The molecule has 0 spiro atoms. The Balaban J connectivity index is 3.22. The summed E-state index contributed by atoms with van der Waals surface area (Å²) in [6, 6.07) is 0. The maximum atomic E-state index is 12.9. The molecule has 1 aromatic heterocycles. The maximum absolute atomic E-state index is 12.9. The summed E-state index contributed by atoms with van der Waals surface area (Å²) in [4.78, 5) is 13.5. The van der Waals surface area contributed by atoms with Crippen molar-refractivity contribution in [3.8, 4) is 0 Å². The number of hydrogen-bond donors (Lipinski definition) is 1. The summed E-state index contributed by atoms with van der Waals surface area (Å²) in [6.07, 6.45) is -2.50. The summed E-state index contributed by atoms with van der Waals surface area (Å²) in [5, 5.41) is 8.48. The first-order valence-electron chi connectivity index (χ1n) is 3.76. The van der Waals surface area contributed by atoms with E-state index in [1.54, 1.807) is 0 Å². The lowest BCUT2D eigenvalue weighted by Crippen LogP contribution is -2.07. The average molecular weight is 331 g/mol. The van der Waals surface area contributed by atoms with E-state index in [0.717, 1.165) is 6.20 Å². The van der Waals surface area contributed by atoms with Gasteiger partial charge in [-0.05, 0) is 28.2 Å². The molecule has 1 aromatic rings. The number of carboxylic acid groups (broad SMARTS) is 1. The molecule has 1 rings (SSSR count). The number of halogens is 4. The highest BCUT2D eigenvalue weighted by molar-refractivity contribution is 14.1. The zero-order valence-corrected chi connectivity index (χ0v) is 9.33. The van der Waals surface area contributed by atoms with Crippen LogP contribution in [0.25, 0.3) is 0 Å². The van der Waals surface area contributed by atoms with Gasteiger partial charge in [-0.25, -0.2) is 13.8 Å². The molecule has 0 unspecified atom stereocenters. The molecule has 3 nitrogen and oxygen atoms in total. The molecule has 0 aliphatic rings. The zero-order valence-electron chi connectivity index (χ0n) is 7.18. The van der Waals surface area contributed by atoms with Crippen molar-refractivity contribution in [2.24, 2.45) is 0 Å². The van der Waals surface area contributed by atoms with E-state index in [9.17, 15) is 18.0 Å². The summed E-state index contributed by atoms with van der Waals surface area (Å²) in [5.41, 5.74) is -0.755. The van der Waals surface area contributed by atoms with Gasteiger partial charge in [0, 0.05) is 9.77 Å². The number of nitrogens with zero attached hydrogens (tertiary/aromatic N) is 1. The van der Waals surface area contributed by atoms with E-state index in [4.69, 9.17) is 5.11 Å². The number of aromatic nitrogens is 1. The molecular weight excluding hydrogens is 326 g/mol. The standard InChI is InChI=1S/C8H5F3INO2/c9-7(10)5-6(12)3(1-4(14)15)2-13-8(5)11/h2,7H,1H2,(H,14,15). The molecule has 0 radical (unpaired) electrons. The highest BCUT2D eigenvalue weighted by Crippen LogP contribution is 2.28. The quantitative estimate of drug-likeness (QED) is 0.684. The Bertz CT molecular complexity index is 398. The lowest BCUT2D eigenvalue weighted by Gasteiger charge is -2.07. The third-order valence-corrected chi connectivity index (χ3v) is 2.91. The van der Waals surface area contributed by atoms with Crippen LogP contribution >= 0.6 is 22.6 Å². The molecule has 0 amide bonds. The molecule has 1 N–H and O–H groups in total. The fraction of sp³-hybridized carbons (Fsp3) is 0.250. The zero-order chi connectivity index (χ0) is 11.6. The monoisotopic (exact) mass is 331 g/mol. The highest BCUT2D eigenvalue weighted by Gasteiger charge is 2.21. The molecule has 0 fully saturated rings. The Morgan fingerprint density at radius 1 is 1.60 bits per heavy atom. The first-order chi connectivity index (χ1) is 6.93. The maximum Gasteiger partial charge on any atom is 0.307 e. The van der Waals surface area contributed by atoms with Gasteiger partial charge in [-0.2, -0.15) is 4.39 Å². The second-order valence-electron chi connectivity index (χ2n) is 2.67. The molecule has 15 heavy (non-hydrogen) atoms. The number of carboxylic acids is 1. The van der Waals surface area contributed by atoms with Crippen LogP contribution in [0, 0.1) is 9.52 Å². The first kappa shape index (κ1) is 12.2. The lowest BCUT2D eigenvalue weighted by molar-refractivity contribution is -0.136. The van der Waals surface area contributed by atoms with E-state index in [0.29, 0.717) is 0 Å². The Kier molecular flexibility index (Phi) is 3.89. The van der Waals surface area contributed by atoms with E-state index >= 15 is 0 Å². The molecular formula is C8H5F3INO2. The van der Waals surface area contributed by atoms with Gasteiger partial charge in [0.2, 0.25) is 5.95 Å². The lowest BCUT2D eigenvalue weighted by atomic mass is 10.1. The van der Waals surface area contributed by atoms with Gasteiger partial charge in [0.25, 0.3) is 6.43 Å². The number of alkyl halides is 2. The van der Waals surface area contributed by atoms with Crippen molar-refractivity contribution in [2.45, 2.75) is 12.8 Å². The van der Waals surface area contributed by atoms with Gasteiger partial charge in [-0.15, -0.1) is 0 Å². The second-order valence-corrected chi connectivity index (χ2v) is 3.75. The van der Waals surface area contributed by atoms with E-state index in [2.05, 4.69) is 4.98 Å². The molecule has 0 saturated carbocycles. The molecule has 82 valence electrons. The summed E-state index contributed by atoms with van der Waals surface area (Å²) in [7, 11) is 0. The van der Waals surface area contributed by atoms with E-state index < -0.39 is 30.3 Å². The van der Waals surface area contributed by atoms with Crippen molar-refractivity contribution in [2.75, 3.05) is 0 Å². The van der Waals surface area contributed by atoms with Crippen LogP contribution in [0.1, 0.15) is 17.6 Å². The predicted octanol–water partition coefficient (Wildman–Crippen LogP) is 2.39. The first-order valence-corrected chi connectivity index (χ1v) is 4.84. The number of hydrogen-bond acceptors (Lipinski definition) is 2. The third-order valence-electron chi connectivity index (χ3n) is 1.63. The fourth-order valence-electron chi connectivity index (χ4n) is 0.996. The van der Waals surface area contributed by atoms with E-state index in [1.165, 1.54) is 22.6 Å². The smallest absolute Gasteiger partial charge is 0.307 e. The fourth-order valence-corrected chi connectivity index (χ4v) is 1.78. The average Bonchev–Trinajstić information content (AvgIpc) is 2.09. The minimum absolute atomic E-state index is 0.0831. The topological polar surface area (TPSA) is 50.2 Å². The molecule has 0 aromatic carbocycles. The van der Waals surface area contributed by atoms with Crippen molar-refractivity contribution in [3.63, 3.8) is 0 Å². The number of carbonyl (C=O) groups is 1. The van der Waals surface area contributed by atoms with Crippen molar-refractivity contribution in [3.05, 3.63) is 26.8 Å². The van der Waals surface area contributed by atoms with Crippen molar-refractivity contribution >= 4 is 28.6 Å². The summed E-state index contributed by atoms with van der Waals surface area (Å²) in [6.45, 7) is 0. The van der Waals surface area contributed by atoms with E-state index in [1.807, 2.05) is 0 Å². The predicted molar refractivity (Wildman–Crippen MR) is 53.2 cm³/mol. The molecule has 0 bridgehead atoms. The van der Waals surface area contributed by atoms with Crippen LogP contribution < -0.4 is 0 Å². The van der Waals surface area contributed by atoms with Crippen LogP contribution in [0.4, 0.5) is 13.2 Å². The van der Waals surface area contributed by atoms with Crippen LogP contribution in [-0.2, 0) is 11.2 Å². The van der Waals surface area contributed by atoms with Gasteiger partial charge in [-0.3, -0.25) is 4.79 Å². The number of rotatable bonds is 3. The van der Waals surface area contributed by atoms with Gasteiger partial charge >= 0.3 is 5.97 Å². The van der Waals surface area contributed by atoms with Gasteiger partial charge in [0.15, 0.2) is 0 Å². The van der Waals surface area contributed by atoms with Crippen LogP contribution in [0.15, 0.2) is 6.20 Å². The van der Waals surface area contributed by atoms with Gasteiger partial charge in [0.05, 0.1) is 12.0 Å². The normalized spacial score (nSPS) is 10.7. The third kappa shape index (κ3) is 2.80. The van der Waals surface area contributed by atoms with Crippen LogP contribution in [0.3, 0.4) is 0 Å². The second kappa shape index (κ2) is 4.77. The Morgan fingerprint density at radius 2 is 2.20 bits per heavy atom.